The largest absolute Gasteiger partial charge is 0.292 e. The Kier molecular flexibility index (Phi) is 6.62. The molecule has 0 radical (unpaired) electrons. The van der Waals surface area contributed by atoms with Crippen LogP contribution in [0.1, 0.15) is 5.56 Å². The van der Waals surface area contributed by atoms with Gasteiger partial charge in [-0.05, 0) is 19.1 Å². The number of carbonyl (C=O) groups excluding carboxylic acids is 2. The molecule has 6 nitrogen and oxygen atoms in total. The first kappa shape index (κ1) is 15.1. The van der Waals surface area contributed by atoms with Crippen LogP contribution in [0.2, 0.25) is 0 Å². The second-order valence-corrected chi connectivity index (χ2v) is 4.84. The van der Waals surface area contributed by atoms with E-state index in [9.17, 15) is 13.2 Å². The topological polar surface area (TPSA) is 93.0 Å². The lowest BCUT2D eigenvalue weighted by Gasteiger charge is -1.96. The summed E-state index contributed by atoms with van der Waals surface area (Å²) in [6, 6.07) is 6.05. The third-order valence-corrected chi connectivity index (χ3v) is 2.93. The van der Waals surface area contributed by atoms with Crippen molar-refractivity contribution in [2.45, 2.75) is 11.8 Å². The molecular formula is C9H10N2O4SSi. The number of benzene rings is 1. The maximum absolute atomic E-state index is 11.1. The van der Waals surface area contributed by atoms with E-state index in [1.807, 2.05) is 6.92 Å². The Bertz CT molecular complexity index is 555. The molecular weight excluding hydrogens is 260 g/mol. The van der Waals surface area contributed by atoms with Crippen LogP contribution in [0.5, 0.6) is 0 Å². The van der Waals surface area contributed by atoms with Crippen LogP contribution in [-0.4, -0.2) is 31.0 Å². The molecule has 0 N–H and O–H groups in total. The van der Waals surface area contributed by atoms with Gasteiger partial charge in [-0.2, -0.15) is 8.42 Å². The van der Waals surface area contributed by atoms with E-state index in [2.05, 4.69) is 9.06 Å². The van der Waals surface area contributed by atoms with Crippen LogP contribution in [0, 0.1) is 6.92 Å². The van der Waals surface area contributed by atoms with Crippen LogP contribution >= 0.6 is 0 Å². The fourth-order valence-corrected chi connectivity index (χ4v) is 1.50. The van der Waals surface area contributed by atoms with Crippen molar-refractivity contribution in [1.82, 2.24) is 0 Å². The molecule has 0 aliphatic heterocycles. The second-order valence-electron chi connectivity index (χ2n) is 2.79. The Morgan fingerprint density at radius 1 is 1.12 bits per heavy atom. The predicted octanol–water partition coefficient (Wildman–Crippen LogP) is -0.378. The zero-order valence-corrected chi connectivity index (χ0v) is 12.1. The molecule has 0 aliphatic rings. The van der Waals surface area contributed by atoms with Crippen LogP contribution in [0.15, 0.2) is 38.2 Å². The van der Waals surface area contributed by atoms with E-state index in [0.29, 0.717) is 10.4 Å². The van der Waals surface area contributed by atoms with Gasteiger partial charge in [-0.3, -0.25) is 4.66 Å². The minimum Gasteiger partial charge on any atom is -0.260 e. The summed E-state index contributed by atoms with van der Waals surface area (Å²) in [6.07, 6.45) is 2.38. The van der Waals surface area contributed by atoms with Gasteiger partial charge in [0.1, 0.15) is 0 Å². The van der Waals surface area contributed by atoms with Crippen molar-refractivity contribution < 1.29 is 18.0 Å². The summed E-state index contributed by atoms with van der Waals surface area (Å²) in [5.41, 5.74) is 0.939. The third kappa shape index (κ3) is 5.69. The van der Waals surface area contributed by atoms with Gasteiger partial charge in [-0.15, -0.1) is 0 Å². The van der Waals surface area contributed by atoms with E-state index in [1.165, 1.54) is 18.2 Å². The standard InChI is InChI=1S/C8H7NO3S.CH3NOSi/c1-7-2-4-8(5-3-7)13(11,12)9-6-10;3-1-2-4/h2-5H,1H3;4H3. The normalized spacial score (nSPS) is 9.24. The molecule has 0 saturated heterocycles. The molecule has 0 fully saturated rings. The molecule has 0 bridgehead atoms. The summed E-state index contributed by atoms with van der Waals surface area (Å²) in [6.45, 7) is 1.83. The van der Waals surface area contributed by atoms with Gasteiger partial charge in [0, 0.05) is 0 Å². The highest BCUT2D eigenvalue weighted by atomic mass is 32.2. The fourth-order valence-electron chi connectivity index (χ4n) is 0.812. The van der Waals surface area contributed by atoms with Crippen LogP contribution < -0.4 is 0 Å². The van der Waals surface area contributed by atoms with Crippen LogP contribution in [0.3, 0.4) is 0 Å². The van der Waals surface area contributed by atoms with Gasteiger partial charge in [0.25, 0.3) is 16.1 Å². The number of aryl methyl sites for hydroxylation is 1. The molecule has 0 aliphatic carbocycles. The predicted molar refractivity (Wildman–Crippen MR) is 64.5 cm³/mol. The van der Waals surface area contributed by atoms with Crippen LogP contribution in [0.25, 0.3) is 0 Å². The van der Waals surface area contributed by atoms with Crippen molar-refractivity contribution >= 4 is 32.6 Å². The van der Waals surface area contributed by atoms with E-state index in [-0.39, 0.29) is 4.90 Å². The van der Waals surface area contributed by atoms with Gasteiger partial charge in [0.15, 0.2) is 10.4 Å². The van der Waals surface area contributed by atoms with E-state index in [1.54, 1.807) is 12.1 Å². The number of sulfonamides is 1. The van der Waals surface area contributed by atoms with Crippen molar-refractivity contribution in [3.05, 3.63) is 29.8 Å². The number of hydrogen-bond donors (Lipinski definition) is 0. The van der Waals surface area contributed by atoms with Gasteiger partial charge in [0.05, 0.1) is 4.90 Å². The summed E-state index contributed by atoms with van der Waals surface area (Å²) >= 11 is 0. The summed E-state index contributed by atoms with van der Waals surface area (Å²) in [7, 11) is -3.23. The van der Waals surface area contributed by atoms with E-state index in [4.69, 9.17) is 4.79 Å². The Morgan fingerprint density at radius 3 is 1.94 bits per heavy atom. The molecule has 17 heavy (non-hydrogen) atoms. The smallest absolute Gasteiger partial charge is 0.260 e. The van der Waals surface area contributed by atoms with Gasteiger partial charge in [-0.1, -0.05) is 22.1 Å². The van der Waals surface area contributed by atoms with Crippen LogP contribution in [-0.2, 0) is 19.6 Å². The lowest BCUT2D eigenvalue weighted by atomic mass is 10.2. The van der Waals surface area contributed by atoms with Crippen molar-refractivity contribution in [2.24, 2.45) is 9.06 Å². The molecule has 0 amide bonds. The number of hydrogen-bond acceptors (Lipinski definition) is 5. The molecule has 0 spiro atoms. The molecule has 0 heterocycles. The van der Waals surface area contributed by atoms with Gasteiger partial charge in [0.2, 0.25) is 6.08 Å². The Morgan fingerprint density at radius 2 is 1.59 bits per heavy atom. The Hall–Kier alpha value is -1.85. The van der Waals surface area contributed by atoms with E-state index in [0.717, 1.165) is 11.6 Å². The van der Waals surface area contributed by atoms with Crippen molar-refractivity contribution in [3.8, 4) is 0 Å². The van der Waals surface area contributed by atoms with E-state index < -0.39 is 10.0 Å². The number of rotatable bonds is 2. The maximum atomic E-state index is 11.1. The van der Waals surface area contributed by atoms with Crippen molar-refractivity contribution in [1.29, 1.82) is 0 Å². The highest BCUT2D eigenvalue weighted by Gasteiger charge is 2.10. The minimum atomic E-state index is -3.83. The van der Waals surface area contributed by atoms with Gasteiger partial charge in [-0.25, -0.2) is 9.59 Å². The average molecular weight is 270 g/mol. The summed E-state index contributed by atoms with van der Waals surface area (Å²) in [4.78, 5) is 18.7. The maximum Gasteiger partial charge on any atom is 0.292 e. The van der Waals surface area contributed by atoms with Gasteiger partial charge >= 0.3 is 0 Å². The lowest BCUT2D eigenvalue weighted by Crippen LogP contribution is -1.95. The number of nitrogens with zero attached hydrogens (tertiary/aromatic N) is 2. The average Bonchev–Trinajstić information content (AvgIpc) is 2.30. The SMILES string of the molecule is Cc1ccc(S(=O)(=O)N=C=O)cc1.O=C=N[SiH3]. The first-order valence-electron chi connectivity index (χ1n) is 4.34. The monoisotopic (exact) mass is 270 g/mol. The summed E-state index contributed by atoms with van der Waals surface area (Å²) < 4.78 is 28.0. The quantitative estimate of drug-likeness (QED) is 0.416. The minimum absolute atomic E-state index is 0.00134. The first-order chi connectivity index (χ1) is 7.97. The Labute approximate surface area is 102 Å². The number of isocyanates is 2. The first-order valence-corrected chi connectivity index (χ1v) is 6.68. The van der Waals surface area contributed by atoms with Crippen molar-refractivity contribution in [2.75, 3.05) is 0 Å². The van der Waals surface area contributed by atoms with Crippen molar-refractivity contribution in [3.63, 3.8) is 0 Å². The fraction of sp³-hybridized carbons (Fsp3) is 0.111. The highest BCUT2D eigenvalue weighted by molar-refractivity contribution is 7.90. The molecule has 1 aromatic carbocycles. The highest BCUT2D eigenvalue weighted by Crippen LogP contribution is 2.11. The summed E-state index contributed by atoms with van der Waals surface area (Å²) in [5.74, 6) is 0. The molecule has 1 aromatic rings. The zero-order valence-electron chi connectivity index (χ0n) is 9.25. The molecule has 0 atom stereocenters. The molecule has 8 heteroatoms. The molecule has 0 unspecified atom stereocenters. The van der Waals surface area contributed by atoms with E-state index >= 15 is 0 Å². The third-order valence-electron chi connectivity index (χ3n) is 1.57. The molecule has 90 valence electrons. The lowest BCUT2D eigenvalue weighted by molar-refractivity contribution is 0.563. The van der Waals surface area contributed by atoms with Crippen LogP contribution in [0.4, 0.5) is 0 Å². The second kappa shape index (κ2) is 7.43. The molecule has 1 rings (SSSR count). The summed E-state index contributed by atoms with van der Waals surface area (Å²) in [5, 5.41) is 0. The molecule has 0 saturated carbocycles. The molecule has 0 aromatic heterocycles. The van der Waals surface area contributed by atoms with Gasteiger partial charge < -0.3 is 0 Å². The Balaban J connectivity index is 0.000000557. The zero-order chi connectivity index (χ0) is 13.3.